The maximum Gasteiger partial charge on any atom is 0.211 e. The van der Waals surface area contributed by atoms with E-state index in [0.29, 0.717) is 0 Å². The van der Waals surface area contributed by atoms with Gasteiger partial charge >= 0.3 is 0 Å². The van der Waals surface area contributed by atoms with E-state index in [2.05, 4.69) is 23.7 Å². The van der Waals surface area contributed by atoms with Crippen molar-refractivity contribution in [3.63, 3.8) is 0 Å². The van der Waals surface area contributed by atoms with Crippen LogP contribution < -0.4 is 4.72 Å². The van der Waals surface area contributed by atoms with Crippen LogP contribution in [0, 0.1) is 5.41 Å². The van der Waals surface area contributed by atoms with E-state index in [0.717, 1.165) is 29.8 Å². The van der Waals surface area contributed by atoms with Crippen molar-refractivity contribution in [3.8, 4) is 5.69 Å². The highest BCUT2D eigenvalue weighted by molar-refractivity contribution is 7.89. The third-order valence-electron chi connectivity index (χ3n) is 4.38. The molecule has 23 heavy (non-hydrogen) atoms. The Hall–Kier alpha value is -1.66. The van der Waals surface area contributed by atoms with Gasteiger partial charge in [0.15, 0.2) is 0 Å². The minimum atomic E-state index is -3.25. The van der Waals surface area contributed by atoms with E-state index in [4.69, 9.17) is 0 Å². The number of aromatic nitrogens is 2. The molecule has 1 heterocycles. The van der Waals surface area contributed by atoms with Crippen LogP contribution in [0.15, 0.2) is 36.5 Å². The average molecular weight is 333 g/mol. The van der Waals surface area contributed by atoms with E-state index in [1.165, 1.54) is 0 Å². The van der Waals surface area contributed by atoms with Gasteiger partial charge in [-0.05, 0) is 37.3 Å². The van der Waals surface area contributed by atoms with Crippen molar-refractivity contribution in [3.05, 3.63) is 47.8 Å². The molecule has 1 N–H and O–H groups in total. The first kappa shape index (κ1) is 16.2. The second kappa shape index (κ2) is 5.76. The van der Waals surface area contributed by atoms with Gasteiger partial charge in [-0.25, -0.2) is 17.8 Å². The maximum absolute atomic E-state index is 12.0. The molecule has 2 aromatic rings. The van der Waals surface area contributed by atoms with Crippen LogP contribution in [0.1, 0.15) is 44.5 Å². The number of benzene rings is 1. The van der Waals surface area contributed by atoms with Crippen LogP contribution >= 0.6 is 0 Å². The van der Waals surface area contributed by atoms with Gasteiger partial charge < -0.3 is 0 Å². The fraction of sp³-hybridized carbons (Fsp3) is 0.471. The van der Waals surface area contributed by atoms with Gasteiger partial charge in [0, 0.05) is 11.3 Å². The van der Waals surface area contributed by atoms with Gasteiger partial charge in [-0.2, -0.15) is 5.10 Å². The van der Waals surface area contributed by atoms with Crippen molar-refractivity contribution in [2.45, 2.75) is 39.7 Å². The molecule has 0 unspecified atom stereocenters. The van der Waals surface area contributed by atoms with E-state index >= 15 is 0 Å². The highest BCUT2D eigenvalue weighted by Gasteiger charge is 2.36. The van der Waals surface area contributed by atoms with Crippen LogP contribution in [0.5, 0.6) is 0 Å². The molecule has 0 radical (unpaired) electrons. The largest absolute Gasteiger partial charge is 0.237 e. The molecule has 1 aliphatic carbocycles. The molecule has 1 aromatic heterocycles. The molecule has 0 spiro atoms. The molecular weight excluding hydrogens is 310 g/mol. The van der Waals surface area contributed by atoms with E-state index in [9.17, 15) is 8.42 Å². The lowest BCUT2D eigenvalue weighted by Crippen LogP contribution is -2.37. The molecule has 1 aromatic carbocycles. The Morgan fingerprint density at radius 3 is 2.65 bits per heavy atom. The van der Waals surface area contributed by atoms with Crippen molar-refractivity contribution in [1.29, 1.82) is 0 Å². The number of fused-ring (bicyclic) bond motifs is 1. The van der Waals surface area contributed by atoms with Crippen LogP contribution in [0.3, 0.4) is 0 Å². The first-order valence-corrected chi connectivity index (χ1v) is 9.59. The quantitative estimate of drug-likeness (QED) is 0.936. The summed E-state index contributed by atoms with van der Waals surface area (Å²) in [5.41, 5.74) is 3.10. The number of rotatable bonds is 4. The van der Waals surface area contributed by atoms with Crippen molar-refractivity contribution in [1.82, 2.24) is 14.5 Å². The van der Waals surface area contributed by atoms with Gasteiger partial charge in [0.2, 0.25) is 10.0 Å². The molecule has 0 bridgehead atoms. The molecule has 0 saturated heterocycles. The summed E-state index contributed by atoms with van der Waals surface area (Å²) < 4.78 is 28.8. The number of hydrogen-bond acceptors (Lipinski definition) is 3. The zero-order valence-corrected chi connectivity index (χ0v) is 14.6. The molecule has 5 nitrogen and oxygen atoms in total. The zero-order chi connectivity index (χ0) is 16.7. The lowest BCUT2D eigenvalue weighted by Gasteiger charge is -2.35. The smallest absolute Gasteiger partial charge is 0.211 e. The molecule has 0 amide bonds. The predicted octanol–water partition coefficient (Wildman–Crippen LogP) is 2.83. The van der Waals surface area contributed by atoms with Gasteiger partial charge in [-0.3, -0.25) is 0 Å². The molecule has 3 rings (SSSR count). The van der Waals surface area contributed by atoms with Crippen molar-refractivity contribution >= 4 is 10.0 Å². The van der Waals surface area contributed by atoms with Gasteiger partial charge in [-0.15, -0.1) is 0 Å². The average Bonchev–Trinajstić information content (AvgIpc) is 2.90. The van der Waals surface area contributed by atoms with Crippen LogP contribution in [-0.2, 0) is 16.4 Å². The number of hydrogen-bond donors (Lipinski definition) is 1. The molecule has 0 saturated carbocycles. The normalized spacial score (nSPS) is 20.2. The fourth-order valence-corrected chi connectivity index (χ4v) is 4.05. The van der Waals surface area contributed by atoms with E-state index in [-0.39, 0.29) is 17.2 Å². The summed E-state index contributed by atoms with van der Waals surface area (Å²) in [4.78, 5) is 0. The maximum atomic E-state index is 12.0. The Balaban J connectivity index is 2.05. The van der Waals surface area contributed by atoms with Crippen LogP contribution in [0.25, 0.3) is 5.69 Å². The predicted molar refractivity (Wildman–Crippen MR) is 91.0 cm³/mol. The number of sulfonamides is 1. The SMILES string of the molecule is CCS(=O)(=O)N[C@@H]1CC(C)(C)Cc2c1cnn2-c1ccccc1. The number of nitrogens with zero attached hydrogens (tertiary/aromatic N) is 2. The minimum absolute atomic E-state index is 0.0144. The lowest BCUT2D eigenvalue weighted by molar-refractivity contribution is 0.269. The highest BCUT2D eigenvalue weighted by atomic mass is 32.2. The van der Waals surface area contributed by atoms with Crippen LogP contribution in [0.2, 0.25) is 0 Å². The zero-order valence-electron chi connectivity index (χ0n) is 13.8. The van der Waals surface area contributed by atoms with Gasteiger partial charge in [0.1, 0.15) is 0 Å². The summed E-state index contributed by atoms with van der Waals surface area (Å²) in [6.45, 7) is 6.00. The molecule has 0 fully saturated rings. The summed E-state index contributed by atoms with van der Waals surface area (Å²) in [5.74, 6) is 0.0894. The Morgan fingerprint density at radius 2 is 2.00 bits per heavy atom. The Bertz CT molecular complexity index is 795. The Morgan fingerprint density at radius 1 is 1.30 bits per heavy atom. The summed E-state index contributed by atoms with van der Waals surface area (Å²) >= 11 is 0. The lowest BCUT2D eigenvalue weighted by atomic mass is 9.74. The second-order valence-electron chi connectivity index (χ2n) is 6.91. The van der Waals surface area contributed by atoms with E-state index < -0.39 is 10.0 Å². The van der Waals surface area contributed by atoms with E-state index in [1.54, 1.807) is 13.1 Å². The third kappa shape index (κ3) is 3.33. The first-order valence-electron chi connectivity index (χ1n) is 7.93. The van der Waals surface area contributed by atoms with Gasteiger partial charge in [0.05, 0.1) is 23.7 Å². The second-order valence-corrected chi connectivity index (χ2v) is 8.96. The van der Waals surface area contributed by atoms with Crippen molar-refractivity contribution in [2.24, 2.45) is 5.41 Å². The number of para-hydroxylation sites is 1. The van der Waals surface area contributed by atoms with Crippen LogP contribution in [0.4, 0.5) is 0 Å². The first-order chi connectivity index (χ1) is 10.8. The third-order valence-corrected chi connectivity index (χ3v) is 5.79. The molecule has 124 valence electrons. The van der Waals surface area contributed by atoms with Gasteiger partial charge in [-0.1, -0.05) is 32.0 Å². The van der Waals surface area contributed by atoms with E-state index in [1.807, 2.05) is 35.0 Å². The molecule has 0 aliphatic heterocycles. The summed E-state index contributed by atoms with van der Waals surface area (Å²) in [6, 6.07) is 9.75. The molecular formula is C17H23N3O2S. The van der Waals surface area contributed by atoms with Crippen LogP contribution in [-0.4, -0.2) is 24.0 Å². The number of nitrogens with one attached hydrogen (secondary N) is 1. The summed E-state index contributed by atoms with van der Waals surface area (Å²) in [6.07, 6.45) is 3.46. The monoisotopic (exact) mass is 333 g/mol. The topological polar surface area (TPSA) is 64.0 Å². The van der Waals surface area contributed by atoms with Gasteiger partial charge in [0.25, 0.3) is 0 Å². The highest BCUT2D eigenvalue weighted by Crippen LogP contribution is 2.41. The summed E-state index contributed by atoms with van der Waals surface area (Å²) in [5, 5.41) is 4.52. The Kier molecular flexibility index (Phi) is 4.06. The standard InChI is InChI=1S/C17H23N3O2S/c1-4-23(21,22)19-15-10-17(2,3)11-16-14(15)12-18-20(16)13-8-6-5-7-9-13/h5-9,12,15,19H,4,10-11H2,1-3H3/t15-/m1/s1. The molecule has 6 heteroatoms. The fourth-order valence-electron chi connectivity index (χ4n) is 3.24. The molecule has 1 atom stereocenters. The minimum Gasteiger partial charge on any atom is -0.237 e. The summed E-state index contributed by atoms with van der Waals surface area (Å²) in [7, 11) is -3.25. The van der Waals surface area contributed by atoms with Crippen molar-refractivity contribution in [2.75, 3.05) is 5.75 Å². The Labute approximate surface area is 137 Å². The van der Waals surface area contributed by atoms with Crippen molar-refractivity contribution < 1.29 is 8.42 Å². The molecule has 1 aliphatic rings.